The molecule has 0 aliphatic rings. The molecule has 0 aromatic carbocycles. The number of methoxy groups -OCH3 is 1. The molecule has 0 aliphatic heterocycles. The zero-order chi connectivity index (χ0) is 17.3. The van der Waals surface area contributed by atoms with Crippen molar-refractivity contribution < 1.29 is 17.9 Å². The molecular formula is C15H13F3N4OS. The Morgan fingerprint density at radius 3 is 2.71 bits per heavy atom. The van der Waals surface area contributed by atoms with Crippen molar-refractivity contribution in [1.29, 1.82) is 0 Å². The van der Waals surface area contributed by atoms with Gasteiger partial charge in [-0.1, -0.05) is 6.92 Å². The summed E-state index contributed by atoms with van der Waals surface area (Å²) in [5.74, 6) is 1.04. The summed E-state index contributed by atoms with van der Waals surface area (Å²) in [6, 6.07) is 3.98. The summed E-state index contributed by atoms with van der Waals surface area (Å²) < 4.78 is 45.5. The average molecular weight is 354 g/mol. The van der Waals surface area contributed by atoms with Gasteiger partial charge in [0.1, 0.15) is 22.7 Å². The number of hydrogen-bond acceptors (Lipinski definition) is 5. The van der Waals surface area contributed by atoms with Crippen molar-refractivity contribution in [1.82, 2.24) is 19.4 Å². The van der Waals surface area contributed by atoms with Crippen LogP contribution in [0.1, 0.15) is 12.5 Å². The second-order valence-corrected chi connectivity index (χ2v) is 6.04. The summed E-state index contributed by atoms with van der Waals surface area (Å²) in [7, 11) is 1.48. The standard InChI is InChI=1S/C15H13F3N4OS/c1-3-24-14-13(10-6-12(23-2)20-8-19-10)21-11-5-4-9(7-22(11)14)15(16,17)18/h4-8H,3H2,1-2H3. The van der Waals surface area contributed by atoms with Crippen molar-refractivity contribution in [2.45, 2.75) is 18.1 Å². The van der Waals surface area contributed by atoms with E-state index in [1.807, 2.05) is 6.92 Å². The maximum atomic E-state index is 13.0. The normalized spacial score (nSPS) is 11.9. The summed E-state index contributed by atoms with van der Waals surface area (Å²) in [6.45, 7) is 1.92. The van der Waals surface area contributed by atoms with E-state index in [-0.39, 0.29) is 0 Å². The Morgan fingerprint density at radius 1 is 1.25 bits per heavy atom. The van der Waals surface area contributed by atoms with Gasteiger partial charge < -0.3 is 4.74 Å². The SMILES string of the molecule is CCSc1c(-c2cc(OC)ncn2)nc2ccc(C(F)(F)F)cn12. The molecule has 0 N–H and O–H groups in total. The number of fused-ring (bicyclic) bond motifs is 1. The molecule has 3 heterocycles. The molecule has 5 nitrogen and oxygen atoms in total. The van der Waals surface area contributed by atoms with Crippen molar-refractivity contribution >= 4 is 17.4 Å². The molecule has 0 saturated carbocycles. The number of ether oxygens (including phenoxy) is 1. The number of hydrogen-bond donors (Lipinski definition) is 0. The first kappa shape index (κ1) is 16.6. The van der Waals surface area contributed by atoms with Crippen molar-refractivity contribution in [3.05, 3.63) is 36.3 Å². The molecule has 0 radical (unpaired) electrons. The van der Waals surface area contributed by atoms with Crippen LogP contribution in [0.25, 0.3) is 17.0 Å². The largest absolute Gasteiger partial charge is 0.481 e. The highest BCUT2D eigenvalue weighted by atomic mass is 32.2. The highest BCUT2D eigenvalue weighted by molar-refractivity contribution is 7.99. The van der Waals surface area contributed by atoms with Crippen LogP contribution in [0.15, 0.2) is 35.7 Å². The Kier molecular flexibility index (Phi) is 4.35. The van der Waals surface area contributed by atoms with Gasteiger partial charge in [-0.05, 0) is 17.9 Å². The lowest BCUT2D eigenvalue weighted by Crippen LogP contribution is -2.06. The van der Waals surface area contributed by atoms with E-state index in [1.54, 1.807) is 6.07 Å². The predicted octanol–water partition coefficient (Wildman–Crippen LogP) is 3.93. The minimum absolute atomic E-state index is 0.362. The molecule has 0 aliphatic carbocycles. The van der Waals surface area contributed by atoms with E-state index in [0.717, 1.165) is 12.3 Å². The summed E-state index contributed by atoms with van der Waals surface area (Å²) >= 11 is 1.40. The van der Waals surface area contributed by atoms with Gasteiger partial charge in [0.05, 0.1) is 18.4 Å². The predicted molar refractivity (Wildman–Crippen MR) is 84.2 cm³/mol. The molecule has 9 heteroatoms. The maximum absolute atomic E-state index is 13.0. The number of rotatable bonds is 4. The van der Waals surface area contributed by atoms with Gasteiger partial charge in [-0.15, -0.1) is 11.8 Å². The van der Waals surface area contributed by atoms with Gasteiger partial charge in [0.15, 0.2) is 0 Å². The summed E-state index contributed by atoms with van der Waals surface area (Å²) in [4.78, 5) is 12.5. The van der Waals surface area contributed by atoms with Gasteiger partial charge in [0.2, 0.25) is 5.88 Å². The fourth-order valence-electron chi connectivity index (χ4n) is 2.21. The molecule has 0 atom stereocenters. The number of thioether (sulfide) groups is 1. The fraction of sp³-hybridized carbons (Fsp3) is 0.267. The third-order valence-corrected chi connectivity index (χ3v) is 4.23. The van der Waals surface area contributed by atoms with E-state index in [2.05, 4.69) is 15.0 Å². The van der Waals surface area contributed by atoms with Crippen LogP contribution in [-0.2, 0) is 6.18 Å². The fourth-order valence-corrected chi connectivity index (χ4v) is 3.06. The number of aromatic nitrogens is 4. The lowest BCUT2D eigenvalue weighted by molar-refractivity contribution is -0.137. The number of pyridine rings is 1. The molecule has 24 heavy (non-hydrogen) atoms. The monoisotopic (exact) mass is 354 g/mol. The summed E-state index contributed by atoms with van der Waals surface area (Å²) in [5, 5.41) is 0.597. The Labute approximate surface area is 139 Å². The minimum Gasteiger partial charge on any atom is -0.481 e. The number of imidazole rings is 1. The topological polar surface area (TPSA) is 52.3 Å². The van der Waals surface area contributed by atoms with Crippen molar-refractivity contribution in [2.75, 3.05) is 12.9 Å². The molecule has 0 amide bonds. The molecule has 3 rings (SSSR count). The molecule has 3 aromatic rings. The van der Waals surface area contributed by atoms with Crippen molar-refractivity contribution in [3.8, 4) is 17.3 Å². The first-order chi connectivity index (χ1) is 11.4. The van der Waals surface area contributed by atoms with Crippen LogP contribution in [0.5, 0.6) is 5.88 Å². The first-order valence-electron chi connectivity index (χ1n) is 7.02. The second-order valence-electron chi connectivity index (χ2n) is 4.79. The van der Waals surface area contributed by atoms with E-state index in [0.29, 0.717) is 33.7 Å². The van der Waals surface area contributed by atoms with E-state index >= 15 is 0 Å². The van der Waals surface area contributed by atoms with E-state index in [1.165, 1.54) is 35.7 Å². The van der Waals surface area contributed by atoms with Crippen LogP contribution >= 0.6 is 11.8 Å². The van der Waals surface area contributed by atoms with E-state index < -0.39 is 11.7 Å². The smallest absolute Gasteiger partial charge is 0.417 e. The number of halogens is 3. The molecule has 0 bridgehead atoms. The van der Waals surface area contributed by atoms with Gasteiger partial charge in [-0.3, -0.25) is 4.40 Å². The molecular weight excluding hydrogens is 341 g/mol. The summed E-state index contributed by atoms with van der Waals surface area (Å²) in [6.07, 6.45) is -2.02. The van der Waals surface area contributed by atoms with Crippen LogP contribution in [-0.4, -0.2) is 32.2 Å². The number of nitrogens with zero attached hydrogens (tertiary/aromatic N) is 4. The first-order valence-corrected chi connectivity index (χ1v) is 8.01. The Balaban J connectivity index is 2.22. The van der Waals surface area contributed by atoms with Crippen LogP contribution in [0.4, 0.5) is 13.2 Å². The minimum atomic E-state index is -4.41. The van der Waals surface area contributed by atoms with E-state index in [9.17, 15) is 13.2 Å². The molecule has 3 aromatic heterocycles. The molecule has 0 saturated heterocycles. The highest BCUT2D eigenvalue weighted by Crippen LogP contribution is 2.35. The zero-order valence-electron chi connectivity index (χ0n) is 12.8. The van der Waals surface area contributed by atoms with Gasteiger partial charge >= 0.3 is 6.18 Å². The van der Waals surface area contributed by atoms with Crippen LogP contribution in [0.2, 0.25) is 0 Å². The molecule has 126 valence electrons. The number of alkyl halides is 3. The third-order valence-electron chi connectivity index (χ3n) is 3.28. The van der Waals surface area contributed by atoms with Gasteiger partial charge in [0.25, 0.3) is 0 Å². The molecule has 0 fully saturated rings. The molecule has 0 spiro atoms. The van der Waals surface area contributed by atoms with Gasteiger partial charge in [0, 0.05) is 12.3 Å². The second kappa shape index (κ2) is 6.31. The quantitative estimate of drug-likeness (QED) is 0.665. The van der Waals surface area contributed by atoms with Gasteiger partial charge in [-0.25, -0.2) is 15.0 Å². The molecule has 0 unspecified atom stereocenters. The van der Waals surface area contributed by atoms with Crippen LogP contribution in [0, 0.1) is 0 Å². The van der Waals surface area contributed by atoms with E-state index in [4.69, 9.17) is 4.74 Å². The Morgan fingerprint density at radius 2 is 2.04 bits per heavy atom. The Hall–Kier alpha value is -2.29. The highest BCUT2D eigenvalue weighted by Gasteiger charge is 2.31. The lowest BCUT2D eigenvalue weighted by atomic mass is 10.3. The van der Waals surface area contributed by atoms with Crippen LogP contribution < -0.4 is 4.74 Å². The van der Waals surface area contributed by atoms with Crippen molar-refractivity contribution in [3.63, 3.8) is 0 Å². The summed E-state index contributed by atoms with van der Waals surface area (Å²) in [5.41, 5.74) is 0.695. The van der Waals surface area contributed by atoms with Gasteiger partial charge in [-0.2, -0.15) is 13.2 Å². The maximum Gasteiger partial charge on any atom is 0.417 e. The van der Waals surface area contributed by atoms with Crippen molar-refractivity contribution in [2.24, 2.45) is 0 Å². The van der Waals surface area contributed by atoms with Crippen LogP contribution in [0.3, 0.4) is 0 Å². The zero-order valence-corrected chi connectivity index (χ0v) is 13.6. The average Bonchev–Trinajstić information content (AvgIpc) is 2.92. The third kappa shape index (κ3) is 3.03. The lowest BCUT2D eigenvalue weighted by Gasteiger charge is -2.08. The Bertz CT molecular complexity index is 879.